The highest BCUT2D eigenvalue weighted by Crippen LogP contribution is 2.35. The fraction of sp³-hybridized carbons (Fsp3) is 0.636. The number of aliphatic hydroxyl groups excluding tert-OH is 1. The summed E-state index contributed by atoms with van der Waals surface area (Å²) in [6.45, 7) is 1.91. The van der Waals surface area contributed by atoms with E-state index in [1.165, 1.54) is 4.68 Å². The molecule has 0 radical (unpaired) electrons. The number of aromatic nitrogens is 2. The molecule has 1 aliphatic carbocycles. The lowest BCUT2D eigenvalue weighted by Crippen LogP contribution is -2.40. The summed E-state index contributed by atoms with van der Waals surface area (Å²) >= 11 is 0. The summed E-state index contributed by atoms with van der Waals surface area (Å²) in [6, 6.07) is 0. The van der Waals surface area contributed by atoms with Gasteiger partial charge in [0.15, 0.2) is 0 Å². The van der Waals surface area contributed by atoms with Gasteiger partial charge in [-0.15, -0.1) is 0 Å². The molecule has 1 aromatic heterocycles. The molecule has 2 rings (SSSR count). The highest BCUT2D eigenvalue weighted by Gasteiger charge is 2.44. The number of nitrogen functional groups attached to an aromatic ring is 1. The summed E-state index contributed by atoms with van der Waals surface area (Å²) < 4.78 is 1.50. The lowest BCUT2D eigenvalue weighted by atomic mass is 10.2. The van der Waals surface area contributed by atoms with E-state index in [9.17, 15) is 9.90 Å². The Morgan fingerprint density at radius 2 is 2.29 bits per heavy atom. The van der Waals surface area contributed by atoms with Crippen LogP contribution in [0.4, 0.5) is 5.69 Å². The molecule has 1 fully saturated rings. The highest BCUT2D eigenvalue weighted by molar-refractivity contribution is 5.98. The average molecular weight is 238 g/mol. The lowest BCUT2D eigenvalue weighted by molar-refractivity contribution is 0.0898. The van der Waals surface area contributed by atoms with Crippen LogP contribution in [0.15, 0.2) is 0 Å². The molecule has 6 heteroatoms. The summed E-state index contributed by atoms with van der Waals surface area (Å²) in [6.07, 6.45) is 2.32. The molecule has 1 amide bonds. The molecule has 0 bridgehead atoms. The van der Waals surface area contributed by atoms with Crippen molar-refractivity contribution < 1.29 is 9.90 Å². The number of carbonyl (C=O) groups is 1. The minimum atomic E-state index is -0.430. The van der Waals surface area contributed by atoms with Gasteiger partial charge in [-0.3, -0.25) is 9.48 Å². The van der Waals surface area contributed by atoms with Crippen LogP contribution in [0.5, 0.6) is 0 Å². The quantitative estimate of drug-likeness (QED) is 0.678. The van der Waals surface area contributed by atoms with E-state index in [0.717, 1.165) is 18.5 Å². The zero-order valence-corrected chi connectivity index (χ0v) is 10.2. The highest BCUT2D eigenvalue weighted by atomic mass is 16.3. The smallest absolute Gasteiger partial charge is 0.272 e. The number of hydrogen-bond donors (Lipinski definition) is 3. The molecule has 17 heavy (non-hydrogen) atoms. The number of aryl methyl sites for hydroxylation is 2. The first-order chi connectivity index (χ1) is 8.03. The Morgan fingerprint density at radius 3 is 2.71 bits per heavy atom. The van der Waals surface area contributed by atoms with Crippen molar-refractivity contribution in [1.82, 2.24) is 15.1 Å². The van der Waals surface area contributed by atoms with Gasteiger partial charge in [0.2, 0.25) is 0 Å². The van der Waals surface area contributed by atoms with E-state index in [1.54, 1.807) is 7.05 Å². The van der Waals surface area contributed by atoms with Crippen LogP contribution in [0.1, 0.15) is 35.9 Å². The van der Waals surface area contributed by atoms with Crippen molar-refractivity contribution in [3.8, 4) is 0 Å². The Hall–Kier alpha value is -1.56. The Bertz CT molecular complexity index is 449. The first-order valence-electron chi connectivity index (χ1n) is 5.77. The third-order valence-corrected chi connectivity index (χ3v) is 3.25. The third kappa shape index (κ3) is 2.00. The molecule has 1 aromatic rings. The van der Waals surface area contributed by atoms with Crippen molar-refractivity contribution in [3.05, 3.63) is 11.4 Å². The maximum Gasteiger partial charge on any atom is 0.272 e. The van der Waals surface area contributed by atoms with Crippen LogP contribution in [0.2, 0.25) is 0 Å². The maximum absolute atomic E-state index is 12.1. The molecule has 6 nitrogen and oxygen atoms in total. The lowest BCUT2D eigenvalue weighted by Gasteiger charge is -2.14. The van der Waals surface area contributed by atoms with E-state index >= 15 is 0 Å². The molecule has 0 atom stereocenters. The van der Waals surface area contributed by atoms with Gasteiger partial charge in [0.25, 0.3) is 5.91 Å². The molecule has 0 unspecified atom stereocenters. The van der Waals surface area contributed by atoms with E-state index in [4.69, 9.17) is 5.73 Å². The molecule has 0 saturated heterocycles. The summed E-state index contributed by atoms with van der Waals surface area (Å²) in [7, 11) is 1.70. The van der Waals surface area contributed by atoms with Crippen LogP contribution in [0.3, 0.4) is 0 Å². The summed E-state index contributed by atoms with van der Waals surface area (Å²) in [5, 5.41) is 16.2. The molecule has 4 N–H and O–H groups in total. The van der Waals surface area contributed by atoms with Gasteiger partial charge in [-0.2, -0.15) is 5.10 Å². The largest absolute Gasteiger partial charge is 0.395 e. The molecule has 94 valence electrons. The minimum Gasteiger partial charge on any atom is -0.395 e. The van der Waals surface area contributed by atoms with Crippen molar-refractivity contribution in [2.24, 2.45) is 7.05 Å². The van der Waals surface area contributed by atoms with Crippen LogP contribution < -0.4 is 11.1 Å². The molecule has 0 aliphatic heterocycles. The molecule has 1 aliphatic rings. The Balaban J connectivity index is 2.22. The van der Waals surface area contributed by atoms with Gasteiger partial charge in [-0.25, -0.2) is 0 Å². The molecule has 1 saturated carbocycles. The Kier molecular flexibility index (Phi) is 2.82. The van der Waals surface area contributed by atoms with Crippen molar-refractivity contribution in [2.45, 2.75) is 31.7 Å². The number of aliphatic hydroxyl groups is 1. The van der Waals surface area contributed by atoms with Crippen molar-refractivity contribution in [3.63, 3.8) is 0 Å². The fourth-order valence-corrected chi connectivity index (χ4v) is 1.90. The van der Waals surface area contributed by atoms with Gasteiger partial charge in [0.05, 0.1) is 23.5 Å². The van der Waals surface area contributed by atoms with Crippen molar-refractivity contribution in [2.75, 3.05) is 12.3 Å². The van der Waals surface area contributed by atoms with Crippen LogP contribution in [0.25, 0.3) is 0 Å². The average Bonchev–Trinajstić information content (AvgIpc) is 2.99. The second-order valence-electron chi connectivity index (χ2n) is 4.58. The van der Waals surface area contributed by atoms with E-state index in [1.807, 2.05) is 6.92 Å². The summed E-state index contributed by atoms with van der Waals surface area (Å²) in [4.78, 5) is 12.1. The number of rotatable bonds is 4. The van der Waals surface area contributed by atoms with E-state index in [-0.39, 0.29) is 12.5 Å². The van der Waals surface area contributed by atoms with Crippen LogP contribution in [0, 0.1) is 0 Å². The van der Waals surface area contributed by atoms with Gasteiger partial charge >= 0.3 is 0 Å². The first-order valence-corrected chi connectivity index (χ1v) is 5.77. The zero-order valence-electron chi connectivity index (χ0n) is 10.2. The van der Waals surface area contributed by atoms with Gasteiger partial charge in [-0.1, -0.05) is 6.92 Å². The number of amides is 1. The molecule has 0 spiro atoms. The topological polar surface area (TPSA) is 93.2 Å². The zero-order chi connectivity index (χ0) is 12.6. The SMILES string of the molecule is CCc1nn(C)c(C(=O)NC2(CO)CC2)c1N. The summed E-state index contributed by atoms with van der Waals surface area (Å²) in [5.74, 6) is -0.260. The monoisotopic (exact) mass is 238 g/mol. The van der Waals surface area contributed by atoms with Gasteiger partial charge < -0.3 is 16.2 Å². The fourth-order valence-electron chi connectivity index (χ4n) is 1.90. The predicted molar refractivity (Wildman–Crippen MR) is 63.5 cm³/mol. The second-order valence-corrected chi connectivity index (χ2v) is 4.58. The molecular formula is C11H18N4O2. The number of nitrogens with one attached hydrogen (secondary N) is 1. The van der Waals surface area contributed by atoms with E-state index < -0.39 is 5.54 Å². The van der Waals surface area contributed by atoms with Crippen molar-refractivity contribution >= 4 is 11.6 Å². The van der Waals surface area contributed by atoms with Crippen molar-refractivity contribution in [1.29, 1.82) is 0 Å². The number of carbonyl (C=O) groups excluding carboxylic acids is 1. The Labute approximate surface area is 99.8 Å². The number of anilines is 1. The predicted octanol–water partition coefficient (Wildman–Crippen LogP) is -0.181. The van der Waals surface area contributed by atoms with Crippen LogP contribution >= 0.6 is 0 Å². The maximum atomic E-state index is 12.1. The number of nitrogens with zero attached hydrogens (tertiary/aromatic N) is 2. The normalized spacial score (nSPS) is 16.9. The molecule has 0 aromatic carbocycles. The Morgan fingerprint density at radius 1 is 1.65 bits per heavy atom. The first kappa shape index (κ1) is 11.9. The summed E-state index contributed by atoms with van der Waals surface area (Å²) in [5.41, 5.74) is 7.00. The second kappa shape index (κ2) is 4.03. The number of hydrogen-bond acceptors (Lipinski definition) is 4. The van der Waals surface area contributed by atoms with Gasteiger partial charge in [-0.05, 0) is 19.3 Å². The van der Waals surface area contributed by atoms with E-state index in [0.29, 0.717) is 17.8 Å². The standard InChI is InChI=1S/C11H18N4O2/c1-3-7-8(12)9(15(2)14-7)10(17)13-11(6-16)4-5-11/h16H,3-6,12H2,1-2H3,(H,13,17). The molecule has 1 heterocycles. The van der Waals surface area contributed by atoms with Crippen LogP contribution in [-0.2, 0) is 13.5 Å². The van der Waals surface area contributed by atoms with Gasteiger partial charge in [0, 0.05) is 7.05 Å². The van der Waals surface area contributed by atoms with Crippen LogP contribution in [-0.4, -0.2) is 32.9 Å². The third-order valence-electron chi connectivity index (χ3n) is 3.25. The van der Waals surface area contributed by atoms with E-state index in [2.05, 4.69) is 10.4 Å². The number of nitrogens with two attached hydrogens (primary N) is 1. The van der Waals surface area contributed by atoms with Gasteiger partial charge in [0.1, 0.15) is 5.69 Å². The molecular weight excluding hydrogens is 220 g/mol. The minimum absolute atomic E-state index is 0.0306.